The Morgan fingerprint density at radius 1 is 1.30 bits per heavy atom. The summed E-state index contributed by atoms with van der Waals surface area (Å²) in [5.74, 6) is -0.00586. The molecule has 5 nitrogen and oxygen atoms in total. The molecular formula is C14H20ClN3O2. The molecule has 0 bridgehead atoms. The zero-order valence-corrected chi connectivity index (χ0v) is 12.2. The van der Waals surface area contributed by atoms with E-state index in [1.54, 1.807) is 24.3 Å². The smallest absolute Gasteiger partial charge is 0.241 e. The van der Waals surface area contributed by atoms with E-state index in [4.69, 9.17) is 5.73 Å². The molecule has 1 aliphatic rings. The monoisotopic (exact) mass is 297 g/mol. The lowest BCUT2D eigenvalue weighted by atomic mass is 10.2. The molecule has 4 N–H and O–H groups in total. The van der Waals surface area contributed by atoms with Crippen molar-refractivity contribution in [3.63, 3.8) is 0 Å². The number of anilines is 2. The number of hydrogen-bond acceptors (Lipinski definition) is 3. The van der Waals surface area contributed by atoms with Crippen LogP contribution in [0.4, 0.5) is 11.4 Å². The predicted molar refractivity (Wildman–Crippen MR) is 81.9 cm³/mol. The van der Waals surface area contributed by atoms with Crippen LogP contribution in [-0.2, 0) is 9.59 Å². The number of halogens is 1. The number of benzene rings is 1. The molecule has 6 heteroatoms. The second kappa shape index (κ2) is 7.26. The van der Waals surface area contributed by atoms with Gasteiger partial charge >= 0.3 is 0 Å². The largest absolute Gasteiger partial charge is 0.326 e. The molecule has 20 heavy (non-hydrogen) atoms. The van der Waals surface area contributed by atoms with Crippen molar-refractivity contribution in [1.82, 2.24) is 0 Å². The van der Waals surface area contributed by atoms with Gasteiger partial charge in [-0.3, -0.25) is 9.59 Å². The lowest BCUT2D eigenvalue weighted by molar-refractivity contribution is -0.118. The molecule has 2 rings (SSSR count). The van der Waals surface area contributed by atoms with E-state index in [0.717, 1.165) is 12.8 Å². The number of rotatable bonds is 5. The third-order valence-corrected chi connectivity index (χ3v) is 3.12. The van der Waals surface area contributed by atoms with Gasteiger partial charge in [0.05, 0.1) is 6.04 Å². The number of nitrogens with two attached hydrogens (primary N) is 1. The third-order valence-electron chi connectivity index (χ3n) is 3.12. The minimum atomic E-state index is -0.510. The van der Waals surface area contributed by atoms with Crippen molar-refractivity contribution in [2.45, 2.75) is 32.2 Å². The van der Waals surface area contributed by atoms with Crippen LogP contribution >= 0.6 is 12.4 Å². The first kappa shape index (κ1) is 16.5. The van der Waals surface area contributed by atoms with Gasteiger partial charge in [0, 0.05) is 17.3 Å². The van der Waals surface area contributed by atoms with Crippen LogP contribution in [0.1, 0.15) is 26.2 Å². The Morgan fingerprint density at radius 3 is 2.45 bits per heavy atom. The van der Waals surface area contributed by atoms with E-state index in [9.17, 15) is 9.59 Å². The minimum Gasteiger partial charge on any atom is -0.326 e. The number of carbonyl (C=O) groups is 2. The minimum absolute atomic E-state index is 0. The summed E-state index contributed by atoms with van der Waals surface area (Å²) in [6, 6.07) is 6.59. The molecule has 0 saturated heterocycles. The summed E-state index contributed by atoms with van der Waals surface area (Å²) in [6.45, 7) is 1.86. The van der Waals surface area contributed by atoms with Crippen LogP contribution in [-0.4, -0.2) is 17.9 Å². The molecule has 1 atom stereocenters. The van der Waals surface area contributed by atoms with Crippen molar-refractivity contribution in [2.24, 2.45) is 11.7 Å². The number of hydrogen-bond donors (Lipinski definition) is 3. The SMILES string of the molecule is CC[C@H](N)C(=O)Nc1cccc(NC(=O)C2CC2)c1.Cl. The molecule has 0 heterocycles. The Hall–Kier alpha value is -1.59. The van der Waals surface area contributed by atoms with Gasteiger partial charge in [0.2, 0.25) is 11.8 Å². The maximum absolute atomic E-state index is 11.7. The Bertz CT molecular complexity index is 489. The molecule has 1 fully saturated rings. The van der Waals surface area contributed by atoms with Gasteiger partial charge in [0.15, 0.2) is 0 Å². The zero-order valence-electron chi connectivity index (χ0n) is 11.4. The fourth-order valence-electron chi connectivity index (χ4n) is 1.68. The predicted octanol–water partition coefficient (Wildman–Crippen LogP) is 2.13. The first-order valence-corrected chi connectivity index (χ1v) is 6.57. The maximum atomic E-state index is 11.7. The Balaban J connectivity index is 0.00000200. The second-order valence-corrected chi connectivity index (χ2v) is 4.85. The van der Waals surface area contributed by atoms with Crippen molar-refractivity contribution in [3.05, 3.63) is 24.3 Å². The highest BCUT2D eigenvalue weighted by Crippen LogP contribution is 2.30. The van der Waals surface area contributed by atoms with E-state index in [1.165, 1.54) is 0 Å². The first-order valence-electron chi connectivity index (χ1n) is 6.57. The summed E-state index contributed by atoms with van der Waals surface area (Å²) in [5.41, 5.74) is 6.98. The van der Waals surface area contributed by atoms with Crippen LogP contribution in [0.25, 0.3) is 0 Å². The van der Waals surface area contributed by atoms with E-state index >= 15 is 0 Å². The van der Waals surface area contributed by atoms with Crippen molar-refractivity contribution < 1.29 is 9.59 Å². The molecule has 1 aromatic carbocycles. The summed E-state index contributed by atoms with van der Waals surface area (Å²) < 4.78 is 0. The molecule has 0 aliphatic heterocycles. The van der Waals surface area contributed by atoms with E-state index in [1.807, 2.05) is 6.92 Å². The van der Waals surface area contributed by atoms with Gasteiger partial charge in [0.25, 0.3) is 0 Å². The fraction of sp³-hybridized carbons (Fsp3) is 0.429. The fourth-order valence-corrected chi connectivity index (χ4v) is 1.68. The highest BCUT2D eigenvalue weighted by atomic mass is 35.5. The molecule has 1 aliphatic carbocycles. The van der Waals surface area contributed by atoms with Gasteiger partial charge in [-0.15, -0.1) is 12.4 Å². The van der Waals surface area contributed by atoms with E-state index in [-0.39, 0.29) is 30.1 Å². The van der Waals surface area contributed by atoms with Gasteiger partial charge in [0.1, 0.15) is 0 Å². The van der Waals surface area contributed by atoms with Crippen LogP contribution in [0.5, 0.6) is 0 Å². The molecule has 110 valence electrons. The third kappa shape index (κ3) is 4.51. The first-order chi connectivity index (χ1) is 9.10. The number of amides is 2. The highest BCUT2D eigenvalue weighted by molar-refractivity contribution is 5.97. The van der Waals surface area contributed by atoms with Crippen LogP contribution in [0.2, 0.25) is 0 Å². The maximum Gasteiger partial charge on any atom is 0.241 e. The summed E-state index contributed by atoms with van der Waals surface area (Å²) in [7, 11) is 0. The van der Waals surface area contributed by atoms with Crippen molar-refractivity contribution in [3.8, 4) is 0 Å². The molecule has 2 amide bonds. The van der Waals surface area contributed by atoms with E-state index < -0.39 is 6.04 Å². The summed E-state index contributed by atoms with van der Waals surface area (Å²) >= 11 is 0. The van der Waals surface area contributed by atoms with Crippen molar-refractivity contribution in [2.75, 3.05) is 10.6 Å². The van der Waals surface area contributed by atoms with Crippen LogP contribution < -0.4 is 16.4 Å². The lowest BCUT2D eigenvalue weighted by Crippen LogP contribution is -2.34. The molecule has 1 aromatic rings. The zero-order chi connectivity index (χ0) is 13.8. The van der Waals surface area contributed by atoms with Gasteiger partial charge in [-0.25, -0.2) is 0 Å². The van der Waals surface area contributed by atoms with Gasteiger partial charge in [-0.05, 0) is 37.5 Å². The lowest BCUT2D eigenvalue weighted by Gasteiger charge is -2.11. The van der Waals surface area contributed by atoms with Crippen LogP contribution in [0.3, 0.4) is 0 Å². The van der Waals surface area contributed by atoms with Gasteiger partial charge < -0.3 is 16.4 Å². The molecule has 0 spiro atoms. The highest BCUT2D eigenvalue weighted by Gasteiger charge is 2.29. The molecule has 0 aromatic heterocycles. The number of carbonyl (C=O) groups excluding carboxylic acids is 2. The van der Waals surface area contributed by atoms with Crippen molar-refractivity contribution >= 4 is 35.6 Å². The topological polar surface area (TPSA) is 84.2 Å². The quantitative estimate of drug-likeness (QED) is 0.778. The number of nitrogens with one attached hydrogen (secondary N) is 2. The molecule has 0 unspecified atom stereocenters. The van der Waals surface area contributed by atoms with Crippen LogP contribution in [0, 0.1) is 5.92 Å². The standard InChI is InChI=1S/C14H19N3O2.ClH/c1-2-12(15)14(19)17-11-5-3-4-10(8-11)16-13(18)9-6-7-9;/h3-5,8-9,12H,2,6-7,15H2,1H3,(H,16,18)(H,17,19);1H/t12-;/m0./s1. The van der Waals surface area contributed by atoms with Crippen molar-refractivity contribution in [1.29, 1.82) is 0 Å². The van der Waals surface area contributed by atoms with E-state index in [2.05, 4.69) is 10.6 Å². The van der Waals surface area contributed by atoms with Gasteiger partial charge in [-0.2, -0.15) is 0 Å². The summed E-state index contributed by atoms with van der Waals surface area (Å²) in [6.07, 6.45) is 2.52. The molecule has 0 radical (unpaired) electrons. The second-order valence-electron chi connectivity index (χ2n) is 4.85. The Morgan fingerprint density at radius 2 is 1.90 bits per heavy atom. The average molecular weight is 298 g/mol. The summed E-state index contributed by atoms with van der Waals surface area (Å²) in [4.78, 5) is 23.3. The average Bonchev–Trinajstić information content (AvgIpc) is 3.22. The van der Waals surface area contributed by atoms with E-state index in [0.29, 0.717) is 17.8 Å². The molecular weight excluding hydrogens is 278 g/mol. The summed E-state index contributed by atoms with van der Waals surface area (Å²) in [5, 5.41) is 5.58. The molecule has 1 saturated carbocycles. The Labute approximate surface area is 124 Å². The van der Waals surface area contributed by atoms with Crippen LogP contribution in [0.15, 0.2) is 24.3 Å². The Kier molecular flexibility index (Phi) is 5.98. The van der Waals surface area contributed by atoms with Gasteiger partial charge in [-0.1, -0.05) is 13.0 Å². The normalized spacial score (nSPS) is 14.9.